The fourth-order valence-corrected chi connectivity index (χ4v) is 3.69. The molecule has 6 heteroatoms. The number of allylic oxidation sites excluding steroid dienone is 1. The van der Waals surface area contributed by atoms with Gasteiger partial charge in [-0.2, -0.15) is 0 Å². The predicted octanol–water partition coefficient (Wildman–Crippen LogP) is 4.77. The van der Waals surface area contributed by atoms with E-state index in [1.54, 1.807) is 31.1 Å². The van der Waals surface area contributed by atoms with Crippen LogP contribution in [0.15, 0.2) is 54.3 Å². The van der Waals surface area contributed by atoms with Crippen LogP contribution < -0.4 is 10.4 Å². The maximum absolute atomic E-state index is 12.5. The zero-order valence-corrected chi connectivity index (χ0v) is 16.4. The zero-order chi connectivity index (χ0) is 18.9. The van der Waals surface area contributed by atoms with Crippen LogP contribution in [0.4, 0.5) is 5.69 Å². The Balaban J connectivity index is 2.14. The van der Waals surface area contributed by atoms with Crippen molar-refractivity contribution in [3.8, 4) is 0 Å². The van der Waals surface area contributed by atoms with Gasteiger partial charge in [0.25, 0.3) is 0 Å². The number of nitrogens with zero attached hydrogens (tertiary/aromatic N) is 1. The number of nitrogens with one attached hydrogen (secondary N) is 1. The molecule has 0 fully saturated rings. The molecule has 1 aliphatic rings. The first-order chi connectivity index (χ1) is 12.4. The fourth-order valence-electron chi connectivity index (χ4n) is 3.20. The number of benzene rings is 2. The van der Waals surface area contributed by atoms with Crippen molar-refractivity contribution in [1.82, 2.24) is 5.43 Å². The number of hydrogen-bond acceptors (Lipinski definition) is 4. The Morgan fingerprint density at radius 3 is 2.54 bits per heavy atom. The van der Waals surface area contributed by atoms with E-state index in [4.69, 9.17) is 27.9 Å². The van der Waals surface area contributed by atoms with Crippen LogP contribution >= 0.6 is 23.2 Å². The van der Waals surface area contributed by atoms with Crippen molar-refractivity contribution in [1.29, 1.82) is 0 Å². The van der Waals surface area contributed by atoms with E-state index in [-0.39, 0.29) is 5.78 Å². The number of alkyl halides is 1. The highest BCUT2D eigenvalue weighted by Gasteiger charge is 2.44. The van der Waals surface area contributed by atoms with Gasteiger partial charge in [0.2, 0.25) is 0 Å². The molecule has 136 valence electrons. The van der Waals surface area contributed by atoms with Crippen LogP contribution in [0.5, 0.6) is 0 Å². The van der Waals surface area contributed by atoms with Gasteiger partial charge >= 0.3 is 0 Å². The maximum atomic E-state index is 12.5. The minimum atomic E-state index is -1.08. The molecule has 2 aromatic carbocycles. The second kappa shape index (κ2) is 7.31. The third-order valence-electron chi connectivity index (χ3n) is 4.33. The number of Topliss-reactive ketones (excluding diaryl/α,β-unsaturated/α-hetero) is 1. The van der Waals surface area contributed by atoms with E-state index in [1.165, 1.54) is 6.92 Å². The third kappa shape index (κ3) is 3.32. The van der Waals surface area contributed by atoms with Crippen LogP contribution in [0.3, 0.4) is 0 Å². The highest BCUT2D eigenvalue weighted by molar-refractivity contribution is 6.34. The first-order valence-electron chi connectivity index (χ1n) is 8.25. The molecule has 0 saturated carbocycles. The topological polar surface area (TPSA) is 41.6 Å². The summed E-state index contributed by atoms with van der Waals surface area (Å²) in [5.74, 6) is 0.277. The fraction of sp³-hybridized carbons (Fsp3) is 0.250. The number of anilines is 1. The molecule has 1 aliphatic heterocycles. The average molecular weight is 391 g/mol. The van der Waals surface area contributed by atoms with E-state index in [0.717, 1.165) is 11.3 Å². The summed E-state index contributed by atoms with van der Waals surface area (Å²) in [5.41, 5.74) is 5.99. The van der Waals surface area contributed by atoms with Gasteiger partial charge in [-0.05, 0) is 37.6 Å². The Kier molecular flexibility index (Phi) is 5.28. The van der Waals surface area contributed by atoms with Gasteiger partial charge in [0.1, 0.15) is 12.4 Å². The summed E-state index contributed by atoms with van der Waals surface area (Å²) in [4.78, 5) is 11.4. The molecule has 1 heterocycles. The van der Waals surface area contributed by atoms with Crippen LogP contribution in [-0.2, 0) is 16.1 Å². The monoisotopic (exact) mass is 390 g/mol. The third-order valence-corrected chi connectivity index (χ3v) is 4.91. The van der Waals surface area contributed by atoms with Crippen molar-refractivity contribution in [2.75, 3.05) is 12.1 Å². The van der Waals surface area contributed by atoms with Gasteiger partial charge < -0.3 is 4.74 Å². The van der Waals surface area contributed by atoms with Crippen LogP contribution in [-0.4, -0.2) is 17.8 Å². The average Bonchev–Trinajstić information content (AvgIpc) is 2.60. The molecule has 3 rings (SSSR count). The minimum absolute atomic E-state index is 0.126. The summed E-state index contributed by atoms with van der Waals surface area (Å²) in [6, 6.07) is 15.1. The molecule has 0 saturated heterocycles. The summed E-state index contributed by atoms with van der Waals surface area (Å²) < 4.78 is 6.09. The molecule has 1 atom stereocenters. The van der Waals surface area contributed by atoms with Crippen LogP contribution in [0.1, 0.15) is 25.0 Å². The molecule has 0 aromatic heterocycles. The lowest BCUT2D eigenvalue weighted by molar-refractivity contribution is -0.112. The van der Waals surface area contributed by atoms with Crippen LogP contribution in [0.2, 0.25) is 5.02 Å². The van der Waals surface area contributed by atoms with Gasteiger partial charge in [0, 0.05) is 17.6 Å². The molecule has 0 spiro atoms. The molecule has 0 bridgehead atoms. The second-order valence-corrected chi connectivity index (χ2v) is 7.38. The number of rotatable bonds is 5. The van der Waals surface area contributed by atoms with Gasteiger partial charge in [-0.3, -0.25) is 9.80 Å². The highest BCUT2D eigenvalue weighted by Crippen LogP contribution is 2.46. The maximum Gasteiger partial charge on any atom is 0.184 e. The second-order valence-electron chi connectivity index (χ2n) is 6.21. The van der Waals surface area contributed by atoms with E-state index in [2.05, 4.69) is 5.43 Å². The van der Waals surface area contributed by atoms with Crippen LogP contribution in [0.25, 0.3) is 5.57 Å². The lowest BCUT2D eigenvalue weighted by Crippen LogP contribution is -2.53. The van der Waals surface area contributed by atoms with Crippen molar-refractivity contribution in [2.24, 2.45) is 0 Å². The van der Waals surface area contributed by atoms with E-state index < -0.39 is 5.00 Å². The standard InChI is InChI=1S/C20H20Cl2N2O2/c1-13(25)18-16-11-15(21)9-10-17(16)24(23-3)20(2,22)19(18)26-12-14-7-5-4-6-8-14/h4-11,23H,12H2,1-3H3. The minimum Gasteiger partial charge on any atom is -0.489 e. The van der Waals surface area contributed by atoms with Gasteiger partial charge in [-0.15, -0.1) is 0 Å². The molecule has 26 heavy (non-hydrogen) atoms. The molecule has 0 aliphatic carbocycles. The number of ketones is 1. The summed E-state index contributed by atoms with van der Waals surface area (Å²) in [6.07, 6.45) is 0. The number of carbonyl (C=O) groups excluding carboxylic acids is 1. The van der Waals surface area contributed by atoms with Gasteiger partial charge in [-0.25, -0.2) is 5.43 Å². The Morgan fingerprint density at radius 2 is 1.92 bits per heavy atom. The number of fused-ring (bicyclic) bond motifs is 1. The van der Waals surface area contributed by atoms with E-state index in [1.807, 2.05) is 36.4 Å². The Labute approximate surface area is 163 Å². The van der Waals surface area contributed by atoms with Crippen LogP contribution in [0, 0.1) is 0 Å². The highest BCUT2D eigenvalue weighted by atomic mass is 35.5. The summed E-state index contributed by atoms with van der Waals surface area (Å²) in [5, 5.41) is 2.31. The first-order valence-corrected chi connectivity index (χ1v) is 9.00. The zero-order valence-electron chi connectivity index (χ0n) is 14.8. The number of hydrogen-bond donors (Lipinski definition) is 1. The summed E-state index contributed by atoms with van der Waals surface area (Å²) in [7, 11) is 1.77. The van der Waals surface area contributed by atoms with Crippen molar-refractivity contribution in [3.05, 3.63) is 70.4 Å². The molecule has 4 nitrogen and oxygen atoms in total. The normalized spacial score (nSPS) is 19.3. The number of hydrazine groups is 1. The van der Waals surface area contributed by atoms with E-state index >= 15 is 0 Å². The Bertz CT molecular complexity index is 863. The van der Waals surface area contributed by atoms with Crippen molar-refractivity contribution in [3.63, 3.8) is 0 Å². The van der Waals surface area contributed by atoms with Gasteiger partial charge in [-0.1, -0.05) is 53.5 Å². The first kappa shape index (κ1) is 18.8. The largest absolute Gasteiger partial charge is 0.489 e. The van der Waals surface area contributed by atoms with Crippen molar-refractivity contribution < 1.29 is 9.53 Å². The molecule has 2 aromatic rings. The molecule has 1 N–H and O–H groups in total. The molecular formula is C20H20Cl2N2O2. The molecule has 1 unspecified atom stereocenters. The van der Waals surface area contributed by atoms with Gasteiger partial charge in [0.15, 0.2) is 10.8 Å². The lowest BCUT2D eigenvalue weighted by atomic mass is 9.92. The van der Waals surface area contributed by atoms with E-state index in [9.17, 15) is 4.79 Å². The predicted molar refractivity (Wildman–Crippen MR) is 106 cm³/mol. The Morgan fingerprint density at radius 1 is 1.23 bits per heavy atom. The SMILES string of the molecule is CNN1c2ccc(Cl)cc2C(C(C)=O)=C(OCc2ccccc2)C1(C)Cl. The lowest BCUT2D eigenvalue weighted by Gasteiger charge is -2.43. The molecule has 0 amide bonds. The number of carbonyl (C=O) groups is 1. The number of halogens is 2. The van der Waals surface area contributed by atoms with Crippen molar-refractivity contribution in [2.45, 2.75) is 25.5 Å². The smallest absolute Gasteiger partial charge is 0.184 e. The molecular weight excluding hydrogens is 371 g/mol. The molecule has 0 radical (unpaired) electrons. The quantitative estimate of drug-likeness (QED) is 0.589. The summed E-state index contributed by atoms with van der Waals surface area (Å²) in [6.45, 7) is 3.61. The van der Waals surface area contributed by atoms with Gasteiger partial charge in [0.05, 0.1) is 11.3 Å². The van der Waals surface area contributed by atoms with E-state index in [0.29, 0.717) is 28.5 Å². The number of ether oxygens (including phenoxy) is 1. The Hall–Kier alpha value is -2.01. The summed E-state index contributed by atoms with van der Waals surface area (Å²) >= 11 is 13.1. The van der Waals surface area contributed by atoms with Crippen molar-refractivity contribution >= 4 is 40.2 Å².